The number of hydrogen-bond acceptors (Lipinski definition) is 1. The molecule has 0 saturated heterocycles. The minimum atomic E-state index is 0.670. The lowest BCUT2D eigenvalue weighted by atomic mass is 9.92. The van der Waals surface area contributed by atoms with E-state index in [-0.39, 0.29) is 0 Å². The predicted octanol–water partition coefficient (Wildman–Crippen LogP) is 5.74. The van der Waals surface area contributed by atoms with Gasteiger partial charge in [-0.15, -0.1) is 0 Å². The van der Waals surface area contributed by atoms with Crippen molar-refractivity contribution in [3.05, 3.63) is 94.8 Å². The van der Waals surface area contributed by atoms with Crippen molar-refractivity contribution >= 4 is 0 Å². The molecule has 0 atom stereocenters. The summed E-state index contributed by atoms with van der Waals surface area (Å²) in [5.41, 5.74) is 11.5. The summed E-state index contributed by atoms with van der Waals surface area (Å²) in [6.45, 7) is 8.61. The summed E-state index contributed by atoms with van der Waals surface area (Å²) >= 11 is 0. The zero-order valence-electron chi connectivity index (χ0n) is 18.2. The van der Waals surface area contributed by atoms with Crippen LogP contribution in [0.15, 0.2) is 66.9 Å². The maximum atomic E-state index is 9.33. The lowest BCUT2D eigenvalue weighted by molar-refractivity contribution is -0.683. The van der Waals surface area contributed by atoms with Crippen LogP contribution in [0.5, 0.6) is 0 Å². The first-order valence-corrected chi connectivity index (χ1v) is 10.2. The number of aromatic nitrogens is 2. The van der Waals surface area contributed by atoms with E-state index >= 15 is 0 Å². The maximum absolute atomic E-state index is 9.33. The molecule has 0 saturated carbocycles. The van der Waals surface area contributed by atoms with E-state index in [1.807, 2.05) is 24.3 Å². The van der Waals surface area contributed by atoms with E-state index in [9.17, 15) is 5.26 Å². The molecule has 30 heavy (non-hydrogen) atoms. The fourth-order valence-electron chi connectivity index (χ4n) is 4.23. The Balaban J connectivity index is 1.87. The Hall–Kier alpha value is -3.64. The number of benzene rings is 3. The van der Waals surface area contributed by atoms with Crippen molar-refractivity contribution in [3.63, 3.8) is 0 Å². The third kappa shape index (κ3) is 3.31. The van der Waals surface area contributed by atoms with Crippen LogP contribution in [0.3, 0.4) is 0 Å². The Bertz CT molecular complexity index is 1260. The minimum Gasteiger partial charge on any atom is -0.192 e. The van der Waals surface area contributed by atoms with Crippen molar-refractivity contribution < 1.29 is 4.68 Å². The molecule has 0 amide bonds. The lowest BCUT2D eigenvalue weighted by Crippen LogP contribution is -2.39. The Morgan fingerprint density at radius 1 is 0.800 bits per heavy atom. The molecule has 0 aliphatic heterocycles. The Labute approximate surface area is 178 Å². The van der Waals surface area contributed by atoms with E-state index < -0.39 is 0 Å². The van der Waals surface area contributed by atoms with Crippen molar-refractivity contribution in [2.24, 2.45) is 7.05 Å². The summed E-state index contributed by atoms with van der Waals surface area (Å²) in [5, 5.41) is 9.33. The lowest BCUT2D eigenvalue weighted by Gasteiger charge is -2.12. The van der Waals surface area contributed by atoms with Crippen molar-refractivity contribution in [3.8, 4) is 34.0 Å². The predicted molar refractivity (Wildman–Crippen MR) is 121 cm³/mol. The second-order valence-corrected chi connectivity index (χ2v) is 7.96. The summed E-state index contributed by atoms with van der Waals surface area (Å²) in [5.74, 6) is 0. The number of aryl methyl sites for hydroxylation is 3. The number of hydrogen-bond donors (Lipinski definition) is 0. The van der Waals surface area contributed by atoms with Crippen molar-refractivity contribution in [2.45, 2.75) is 27.7 Å². The highest BCUT2D eigenvalue weighted by molar-refractivity contribution is 5.77. The van der Waals surface area contributed by atoms with E-state index in [1.54, 1.807) is 0 Å². The third-order valence-electron chi connectivity index (χ3n) is 5.94. The Morgan fingerprint density at radius 2 is 1.47 bits per heavy atom. The van der Waals surface area contributed by atoms with Crippen LogP contribution in [0.4, 0.5) is 0 Å². The van der Waals surface area contributed by atoms with Gasteiger partial charge in [0.15, 0.2) is 0 Å². The Morgan fingerprint density at radius 3 is 2.10 bits per heavy atom. The number of nitriles is 1. The van der Waals surface area contributed by atoms with E-state index in [0.717, 1.165) is 11.3 Å². The summed E-state index contributed by atoms with van der Waals surface area (Å²) in [6.07, 6.45) is 2.19. The van der Waals surface area contributed by atoms with E-state index in [1.165, 1.54) is 39.1 Å². The van der Waals surface area contributed by atoms with Crippen molar-refractivity contribution in [1.82, 2.24) is 4.68 Å². The molecular formula is C27H26N3+. The quantitative estimate of drug-likeness (QED) is 0.409. The topological polar surface area (TPSA) is 32.6 Å². The van der Waals surface area contributed by atoms with Gasteiger partial charge in [-0.25, -0.2) is 0 Å². The fraction of sp³-hybridized carbons (Fsp3) is 0.185. The molecule has 0 aliphatic rings. The van der Waals surface area contributed by atoms with Gasteiger partial charge < -0.3 is 0 Å². The molecule has 4 rings (SSSR count). The van der Waals surface area contributed by atoms with Crippen LogP contribution in [0.1, 0.15) is 27.9 Å². The van der Waals surface area contributed by atoms with Crippen LogP contribution in [-0.4, -0.2) is 4.68 Å². The second-order valence-electron chi connectivity index (χ2n) is 7.96. The standard InChI is InChI=1S/C27H26N3/c1-18-11-12-22(16-28)15-26(18)30-17-25(21(4)29(30)5)27-19(2)13-24(14-20(27)3)23-9-7-6-8-10-23/h6-15,17H,1-5H3/q+1. The smallest absolute Gasteiger partial charge is 0.192 e. The van der Waals surface area contributed by atoms with Crippen LogP contribution in [-0.2, 0) is 7.05 Å². The molecule has 3 heteroatoms. The van der Waals surface area contributed by atoms with Gasteiger partial charge in [0, 0.05) is 11.6 Å². The molecule has 1 heterocycles. The van der Waals surface area contributed by atoms with Crippen molar-refractivity contribution in [2.75, 3.05) is 0 Å². The van der Waals surface area contributed by atoms with Gasteiger partial charge in [-0.3, -0.25) is 0 Å². The third-order valence-corrected chi connectivity index (χ3v) is 5.94. The van der Waals surface area contributed by atoms with E-state index in [0.29, 0.717) is 5.56 Å². The van der Waals surface area contributed by atoms with Gasteiger partial charge in [-0.1, -0.05) is 53.2 Å². The molecule has 0 aliphatic carbocycles. The molecule has 0 unspecified atom stereocenters. The summed E-state index contributed by atoms with van der Waals surface area (Å²) in [6, 6.07) is 23.1. The molecule has 0 fully saturated rings. The summed E-state index contributed by atoms with van der Waals surface area (Å²) in [7, 11) is 2.07. The van der Waals surface area contributed by atoms with Crippen molar-refractivity contribution in [1.29, 1.82) is 5.26 Å². The first-order chi connectivity index (χ1) is 14.4. The largest absolute Gasteiger partial charge is 0.240 e. The van der Waals surface area contributed by atoms with Gasteiger partial charge in [-0.05, 0) is 61.6 Å². The average molecular weight is 393 g/mol. The zero-order valence-corrected chi connectivity index (χ0v) is 18.2. The van der Waals surface area contributed by atoms with E-state index in [4.69, 9.17) is 0 Å². The molecule has 3 aromatic carbocycles. The normalized spacial score (nSPS) is 10.8. The molecule has 1 aromatic heterocycles. The first-order valence-electron chi connectivity index (χ1n) is 10.2. The molecule has 0 spiro atoms. The van der Waals surface area contributed by atoms with Crippen LogP contribution in [0, 0.1) is 39.0 Å². The van der Waals surface area contributed by atoms with Crippen LogP contribution in [0.2, 0.25) is 0 Å². The fourth-order valence-corrected chi connectivity index (χ4v) is 4.23. The van der Waals surface area contributed by atoms with Gasteiger partial charge in [0.2, 0.25) is 11.9 Å². The SMILES string of the molecule is Cc1ccc(C#N)cc1-[n+]1cc(-c2c(C)cc(-c3ccccc3)cc2C)c(C)n1C. The highest BCUT2D eigenvalue weighted by atomic mass is 15.4. The number of nitrogens with zero attached hydrogens (tertiary/aromatic N) is 3. The van der Waals surface area contributed by atoms with Gasteiger partial charge in [0.05, 0.1) is 29.9 Å². The highest BCUT2D eigenvalue weighted by Gasteiger charge is 2.24. The average Bonchev–Trinajstić information content (AvgIpc) is 3.03. The Kier molecular flexibility index (Phi) is 5.01. The zero-order chi connectivity index (χ0) is 21.4. The number of rotatable bonds is 3. The molecular weight excluding hydrogens is 366 g/mol. The second kappa shape index (κ2) is 7.65. The first kappa shape index (κ1) is 19.7. The minimum absolute atomic E-state index is 0.670. The molecule has 0 radical (unpaired) electrons. The molecule has 0 N–H and O–H groups in total. The van der Waals surface area contributed by atoms with Crippen LogP contribution >= 0.6 is 0 Å². The summed E-state index contributed by atoms with van der Waals surface area (Å²) < 4.78 is 4.30. The highest BCUT2D eigenvalue weighted by Crippen LogP contribution is 2.33. The molecule has 4 aromatic rings. The molecule has 3 nitrogen and oxygen atoms in total. The van der Waals surface area contributed by atoms with Gasteiger partial charge in [-0.2, -0.15) is 9.94 Å². The van der Waals surface area contributed by atoms with Gasteiger partial charge in [0.1, 0.15) is 0 Å². The molecule has 0 bridgehead atoms. The monoisotopic (exact) mass is 392 g/mol. The maximum Gasteiger partial charge on any atom is 0.240 e. The van der Waals surface area contributed by atoms with Crippen LogP contribution < -0.4 is 4.68 Å². The summed E-state index contributed by atoms with van der Waals surface area (Å²) in [4.78, 5) is 0. The molecule has 148 valence electrons. The van der Waals surface area contributed by atoms with Gasteiger partial charge >= 0.3 is 0 Å². The van der Waals surface area contributed by atoms with Gasteiger partial charge in [0.25, 0.3) is 0 Å². The van der Waals surface area contributed by atoms with E-state index in [2.05, 4.69) is 92.8 Å². The van der Waals surface area contributed by atoms with Crippen LogP contribution in [0.25, 0.3) is 27.9 Å².